The summed E-state index contributed by atoms with van der Waals surface area (Å²) in [5.41, 5.74) is -1.44. The molecule has 1 amide bonds. The topological polar surface area (TPSA) is 68.0 Å². The molecule has 1 aromatic carbocycles. The summed E-state index contributed by atoms with van der Waals surface area (Å²) < 4.78 is 43.4. The summed E-state index contributed by atoms with van der Waals surface area (Å²) in [6, 6.07) is 3.87. The fourth-order valence-corrected chi connectivity index (χ4v) is 1.75. The van der Waals surface area contributed by atoms with Crippen LogP contribution in [0.1, 0.15) is 40.6 Å². The van der Waals surface area contributed by atoms with Crippen molar-refractivity contribution in [3.63, 3.8) is 0 Å². The summed E-state index contributed by atoms with van der Waals surface area (Å²) in [5.74, 6) is -0.349. The highest BCUT2D eigenvalue weighted by Gasteiger charge is 2.35. The summed E-state index contributed by atoms with van der Waals surface area (Å²) in [6.07, 6.45) is -4.60. The number of alkyl halides is 3. The normalized spacial score (nSPS) is 13.0. The summed E-state index contributed by atoms with van der Waals surface area (Å²) in [5, 5.41) is 5.96. The maximum atomic E-state index is 12.9. The molecule has 0 bridgehead atoms. The molecule has 2 rings (SSSR count). The zero-order valence-electron chi connectivity index (χ0n) is 11.2. The van der Waals surface area contributed by atoms with Crippen LogP contribution in [-0.2, 0) is 6.18 Å². The average Bonchev–Trinajstić information content (AvgIpc) is 2.84. The molecule has 0 fully saturated rings. The van der Waals surface area contributed by atoms with E-state index in [9.17, 15) is 18.0 Å². The van der Waals surface area contributed by atoms with Crippen molar-refractivity contribution in [1.82, 2.24) is 15.5 Å². The Morgan fingerprint density at radius 3 is 2.57 bits per heavy atom. The fourth-order valence-electron chi connectivity index (χ4n) is 1.75. The third-order valence-corrected chi connectivity index (χ3v) is 2.74. The molecule has 8 heteroatoms. The molecule has 1 heterocycles. The first-order chi connectivity index (χ1) is 9.79. The standard InChI is InChI=1S/C13H12F3N3O2/c1-7(12-18-8(2)19-21-12)17-11(20)9-5-3-4-6-10(9)13(14,15)16/h3-7H,1-2H3,(H,17,20)/t7-/m1/s1. The van der Waals surface area contributed by atoms with Crippen LogP contribution in [0.15, 0.2) is 28.8 Å². The van der Waals surface area contributed by atoms with Gasteiger partial charge in [0.05, 0.1) is 11.1 Å². The van der Waals surface area contributed by atoms with Gasteiger partial charge in [0.1, 0.15) is 6.04 Å². The van der Waals surface area contributed by atoms with Crippen LogP contribution in [0.4, 0.5) is 13.2 Å². The molecule has 1 N–H and O–H groups in total. The van der Waals surface area contributed by atoms with Crippen molar-refractivity contribution in [3.8, 4) is 0 Å². The number of nitrogens with zero attached hydrogens (tertiary/aromatic N) is 2. The first-order valence-electron chi connectivity index (χ1n) is 6.06. The van der Waals surface area contributed by atoms with E-state index in [4.69, 9.17) is 4.52 Å². The van der Waals surface area contributed by atoms with E-state index in [1.807, 2.05) is 0 Å². The Labute approximate surface area is 118 Å². The highest BCUT2D eigenvalue weighted by Crippen LogP contribution is 2.32. The van der Waals surface area contributed by atoms with Crippen LogP contribution in [0.2, 0.25) is 0 Å². The molecule has 0 spiro atoms. The van der Waals surface area contributed by atoms with Crippen molar-refractivity contribution in [2.75, 3.05) is 0 Å². The van der Waals surface area contributed by atoms with Gasteiger partial charge in [0.2, 0.25) is 5.89 Å². The van der Waals surface area contributed by atoms with E-state index in [2.05, 4.69) is 15.5 Å². The van der Waals surface area contributed by atoms with Gasteiger partial charge < -0.3 is 9.84 Å². The average molecular weight is 299 g/mol. The molecule has 0 saturated heterocycles. The lowest BCUT2D eigenvalue weighted by atomic mass is 10.1. The summed E-state index contributed by atoms with van der Waals surface area (Å²) in [7, 11) is 0. The maximum absolute atomic E-state index is 12.9. The predicted octanol–water partition coefficient (Wildman–Crippen LogP) is 2.89. The van der Waals surface area contributed by atoms with Gasteiger partial charge in [0.15, 0.2) is 5.82 Å². The van der Waals surface area contributed by atoms with E-state index in [1.54, 1.807) is 13.8 Å². The zero-order chi connectivity index (χ0) is 15.6. The molecule has 21 heavy (non-hydrogen) atoms. The third kappa shape index (κ3) is 3.39. The number of carbonyl (C=O) groups is 1. The van der Waals surface area contributed by atoms with Crippen LogP contribution in [0.3, 0.4) is 0 Å². The SMILES string of the molecule is Cc1noc([C@@H](C)NC(=O)c2ccccc2C(F)(F)F)n1. The highest BCUT2D eigenvalue weighted by atomic mass is 19.4. The van der Waals surface area contributed by atoms with Crippen LogP contribution >= 0.6 is 0 Å². The van der Waals surface area contributed by atoms with E-state index >= 15 is 0 Å². The number of aryl methyl sites for hydroxylation is 1. The molecule has 1 aromatic heterocycles. The van der Waals surface area contributed by atoms with Gasteiger partial charge in [-0.15, -0.1) is 0 Å². The Morgan fingerprint density at radius 1 is 1.33 bits per heavy atom. The van der Waals surface area contributed by atoms with E-state index in [0.29, 0.717) is 5.82 Å². The molecule has 1 atom stereocenters. The van der Waals surface area contributed by atoms with Gasteiger partial charge >= 0.3 is 6.18 Å². The first kappa shape index (κ1) is 15.0. The quantitative estimate of drug-likeness (QED) is 0.946. The van der Waals surface area contributed by atoms with Crippen LogP contribution in [-0.4, -0.2) is 16.0 Å². The number of carbonyl (C=O) groups excluding carboxylic acids is 1. The van der Waals surface area contributed by atoms with Gasteiger partial charge in [-0.25, -0.2) is 0 Å². The second kappa shape index (κ2) is 5.55. The van der Waals surface area contributed by atoms with Crippen molar-refractivity contribution >= 4 is 5.91 Å². The van der Waals surface area contributed by atoms with Gasteiger partial charge in [-0.05, 0) is 26.0 Å². The minimum absolute atomic E-state index is 0.130. The van der Waals surface area contributed by atoms with E-state index < -0.39 is 29.3 Å². The van der Waals surface area contributed by atoms with Crippen molar-refractivity contribution in [2.24, 2.45) is 0 Å². The second-order valence-corrected chi connectivity index (χ2v) is 4.42. The first-order valence-corrected chi connectivity index (χ1v) is 6.06. The van der Waals surface area contributed by atoms with Crippen LogP contribution in [0, 0.1) is 6.92 Å². The van der Waals surface area contributed by atoms with Crippen molar-refractivity contribution in [1.29, 1.82) is 0 Å². The Kier molecular flexibility index (Phi) is 3.97. The zero-order valence-corrected chi connectivity index (χ0v) is 11.2. The molecule has 2 aromatic rings. The van der Waals surface area contributed by atoms with Crippen molar-refractivity contribution in [2.45, 2.75) is 26.1 Å². The molecule has 0 aliphatic rings. The number of aromatic nitrogens is 2. The Bertz CT molecular complexity index is 652. The number of amides is 1. The molecule has 0 aliphatic carbocycles. The lowest BCUT2D eigenvalue weighted by Crippen LogP contribution is -2.29. The molecule has 0 unspecified atom stereocenters. The Balaban J connectivity index is 2.21. The summed E-state index contributed by atoms with van der Waals surface area (Å²) in [6.45, 7) is 3.14. The number of hydrogen-bond donors (Lipinski definition) is 1. The number of halogens is 3. The molecule has 0 aliphatic heterocycles. The second-order valence-electron chi connectivity index (χ2n) is 4.42. The monoisotopic (exact) mass is 299 g/mol. The molecule has 5 nitrogen and oxygen atoms in total. The number of hydrogen-bond acceptors (Lipinski definition) is 4. The van der Waals surface area contributed by atoms with E-state index in [0.717, 1.165) is 12.1 Å². The summed E-state index contributed by atoms with van der Waals surface area (Å²) in [4.78, 5) is 15.9. The molecular weight excluding hydrogens is 287 g/mol. The van der Waals surface area contributed by atoms with Crippen LogP contribution in [0.25, 0.3) is 0 Å². The predicted molar refractivity (Wildman–Crippen MR) is 66.4 cm³/mol. The number of rotatable bonds is 3. The largest absolute Gasteiger partial charge is 0.417 e. The van der Waals surface area contributed by atoms with Gasteiger partial charge in [0, 0.05) is 0 Å². The maximum Gasteiger partial charge on any atom is 0.417 e. The van der Waals surface area contributed by atoms with Crippen molar-refractivity contribution in [3.05, 3.63) is 47.1 Å². The highest BCUT2D eigenvalue weighted by molar-refractivity contribution is 5.96. The minimum atomic E-state index is -4.60. The lowest BCUT2D eigenvalue weighted by molar-refractivity contribution is -0.137. The Hall–Kier alpha value is -2.38. The van der Waals surface area contributed by atoms with Crippen LogP contribution in [0.5, 0.6) is 0 Å². The minimum Gasteiger partial charge on any atom is -0.340 e. The number of nitrogens with one attached hydrogen (secondary N) is 1. The molecule has 0 saturated carbocycles. The number of benzene rings is 1. The van der Waals surface area contributed by atoms with Gasteiger partial charge in [-0.1, -0.05) is 17.3 Å². The smallest absolute Gasteiger partial charge is 0.340 e. The lowest BCUT2D eigenvalue weighted by Gasteiger charge is -2.14. The van der Waals surface area contributed by atoms with E-state index in [1.165, 1.54) is 12.1 Å². The van der Waals surface area contributed by atoms with Crippen LogP contribution < -0.4 is 5.32 Å². The van der Waals surface area contributed by atoms with Gasteiger partial charge in [0.25, 0.3) is 5.91 Å². The Morgan fingerprint density at radius 2 is 2.00 bits per heavy atom. The summed E-state index contributed by atoms with van der Waals surface area (Å²) >= 11 is 0. The molecule has 112 valence electrons. The van der Waals surface area contributed by atoms with Gasteiger partial charge in [-0.2, -0.15) is 18.2 Å². The van der Waals surface area contributed by atoms with E-state index in [-0.39, 0.29) is 5.89 Å². The van der Waals surface area contributed by atoms with Crippen molar-refractivity contribution < 1.29 is 22.5 Å². The molecule has 0 radical (unpaired) electrons. The molecular formula is C13H12F3N3O2. The fraction of sp³-hybridized carbons (Fsp3) is 0.308. The third-order valence-electron chi connectivity index (χ3n) is 2.74. The van der Waals surface area contributed by atoms with Gasteiger partial charge in [-0.3, -0.25) is 4.79 Å².